The number of esters is 1. The molecule has 1 aromatic carbocycles. The van der Waals surface area contributed by atoms with E-state index in [4.69, 9.17) is 17.3 Å². The van der Waals surface area contributed by atoms with E-state index in [0.717, 1.165) is 12.1 Å². The Morgan fingerprint density at radius 3 is 2.38 bits per heavy atom. The molecule has 0 saturated carbocycles. The van der Waals surface area contributed by atoms with Crippen LogP contribution in [0.25, 0.3) is 0 Å². The van der Waals surface area contributed by atoms with Gasteiger partial charge < -0.3 is 10.5 Å². The van der Waals surface area contributed by atoms with Gasteiger partial charge in [0.25, 0.3) is 0 Å². The van der Waals surface area contributed by atoms with E-state index in [1.165, 1.54) is 6.92 Å². The third-order valence-corrected chi connectivity index (χ3v) is 2.92. The first-order chi connectivity index (χ1) is 9.51. The molecule has 0 radical (unpaired) electrons. The summed E-state index contributed by atoms with van der Waals surface area (Å²) in [5.41, 5.74) is 3.32. The van der Waals surface area contributed by atoms with Crippen molar-refractivity contribution in [3.63, 3.8) is 0 Å². The Balaban J connectivity index is 3.19. The molecular formula is C12H11ClF5NO2. The van der Waals surface area contributed by atoms with Gasteiger partial charge in [0.15, 0.2) is 0 Å². The fourth-order valence-corrected chi connectivity index (χ4v) is 1.74. The van der Waals surface area contributed by atoms with Crippen molar-refractivity contribution in [3.05, 3.63) is 34.3 Å². The Labute approximate surface area is 121 Å². The summed E-state index contributed by atoms with van der Waals surface area (Å²) in [6.45, 7) is 0.999. The smallest absolute Gasteiger partial charge is 0.417 e. The predicted octanol–water partition coefficient (Wildman–Crippen LogP) is 3.56. The van der Waals surface area contributed by atoms with Gasteiger partial charge in [-0.2, -0.15) is 22.0 Å². The molecule has 0 amide bonds. The lowest BCUT2D eigenvalue weighted by Gasteiger charge is -2.22. The van der Waals surface area contributed by atoms with Crippen LogP contribution in [0, 0.1) is 0 Å². The number of ether oxygens (including phenoxy) is 1. The molecule has 118 valence electrons. The zero-order chi connectivity index (χ0) is 16.4. The van der Waals surface area contributed by atoms with Crippen LogP contribution < -0.4 is 5.73 Å². The van der Waals surface area contributed by atoms with Crippen molar-refractivity contribution in [3.8, 4) is 0 Å². The highest BCUT2D eigenvalue weighted by Gasteiger charge is 2.48. The van der Waals surface area contributed by atoms with E-state index in [0.29, 0.717) is 6.07 Å². The molecule has 0 aliphatic rings. The summed E-state index contributed by atoms with van der Waals surface area (Å²) in [5, 5.41) is -0.655. The molecule has 3 nitrogen and oxygen atoms in total. The van der Waals surface area contributed by atoms with E-state index in [9.17, 15) is 26.7 Å². The second-order valence-corrected chi connectivity index (χ2v) is 4.47. The quantitative estimate of drug-likeness (QED) is 0.678. The van der Waals surface area contributed by atoms with Crippen LogP contribution in [-0.4, -0.2) is 18.5 Å². The van der Waals surface area contributed by atoms with E-state index in [-0.39, 0.29) is 6.61 Å². The minimum atomic E-state index is -4.83. The highest BCUT2D eigenvalue weighted by Crippen LogP contribution is 2.38. The van der Waals surface area contributed by atoms with Gasteiger partial charge in [-0.15, -0.1) is 0 Å². The molecule has 0 aliphatic heterocycles. The van der Waals surface area contributed by atoms with Gasteiger partial charge in [-0.05, 0) is 24.6 Å². The molecule has 0 aromatic heterocycles. The van der Waals surface area contributed by atoms with E-state index >= 15 is 0 Å². The van der Waals surface area contributed by atoms with Gasteiger partial charge in [-0.3, -0.25) is 0 Å². The van der Waals surface area contributed by atoms with Crippen LogP contribution in [0.15, 0.2) is 18.2 Å². The summed E-state index contributed by atoms with van der Waals surface area (Å²) in [5.74, 6) is -6.06. The number of benzene rings is 1. The normalized spacial score (nSPS) is 13.9. The fourth-order valence-electron chi connectivity index (χ4n) is 1.52. The molecule has 0 aliphatic carbocycles. The van der Waals surface area contributed by atoms with Crippen LogP contribution in [0.2, 0.25) is 5.02 Å². The molecule has 1 atom stereocenters. The summed E-state index contributed by atoms with van der Waals surface area (Å²) >= 11 is 5.37. The van der Waals surface area contributed by atoms with Crippen molar-refractivity contribution in [2.45, 2.75) is 25.1 Å². The number of alkyl halides is 5. The van der Waals surface area contributed by atoms with Gasteiger partial charge in [-0.25, -0.2) is 4.79 Å². The molecule has 9 heteroatoms. The highest BCUT2D eigenvalue weighted by molar-refractivity contribution is 6.31. The van der Waals surface area contributed by atoms with E-state index in [1.54, 1.807) is 0 Å². The Bertz CT molecular complexity index is 533. The first-order valence-corrected chi connectivity index (χ1v) is 6.06. The summed E-state index contributed by atoms with van der Waals surface area (Å²) in [6.07, 6.45) is -4.83. The van der Waals surface area contributed by atoms with Crippen molar-refractivity contribution in [2.75, 3.05) is 6.61 Å². The molecule has 1 rings (SSSR count). The maximum atomic E-state index is 13.7. The van der Waals surface area contributed by atoms with Gasteiger partial charge in [0.2, 0.25) is 0 Å². The second kappa shape index (κ2) is 6.15. The largest absolute Gasteiger partial charge is 0.462 e. The topological polar surface area (TPSA) is 52.3 Å². The molecule has 0 fully saturated rings. The van der Waals surface area contributed by atoms with Gasteiger partial charge in [-0.1, -0.05) is 17.7 Å². The molecule has 0 bridgehead atoms. The van der Waals surface area contributed by atoms with Gasteiger partial charge in [0.1, 0.15) is 6.04 Å². The standard InChI is InChI=1S/C12H11ClF5NO2/c1-2-21-10(20)11(14,15)9(19)6-3-4-8(13)7(5-6)12(16,17)18/h3-5,9H,2,19H2,1H3/t9-/m0/s1. The van der Waals surface area contributed by atoms with Crippen LogP contribution >= 0.6 is 11.6 Å². The molecule has 0 unspecified atom stereocenters. The lowest BCUT2D eigenvalue weighted by Crippen LogP contribution is -2.41. The predicted molar refractivity (Wildman–Crippen MR) is 65.0 cm³/mol. The van der Waals surface area contributed by atoms with Crippen molar-refractivity contribution in [1.29, 1.82) is 0 Å². The van der Waals surface area contributed by atoms with E-state index < -0.39 is 40.3 Å². The number of hydrogen-bond acceptors (Lipinski definition) is 3. The van der Waals surface area contributed by atoms with Crippen LogP contribution in [-0.2, 0) is 15.7 Å². The number of carbonyl (C=O) groups excluding carboxylic acids is 1. The lowest BCUT2D eigenvalue weighted by atomic mass is 9.99. The average molecular weight is 332 g/mol. The van der Waals surface area contributed by atoms with E-state index in [1.807, 2.05) is 0 Å². The minimum Gasteiger partial charge on any atom is -0.462 e. The number of halogens is 6. The maximum absolute atomic E-state index is 13.7. The zero-order valence-corrected chi connectivity index (χ0v) is 11.4. The number of nitrogens with two attached hydrogens (primary N) is 1. The van der Waals surface area contributed by atoms with E-state index in [2.05, 4.69) is 4.74 Å². The zero-order valence-electron chi connectivity index (χ0n) is 10.7. The Morgan fingerprint density at radius 2 is 1.90 bits per heavy atom. The molecule has 21 heavy (non-hydrogen) atoms. The first kappa shape index (κ1) is 17.6. The summed E-state index contributed by atoms with van der Waals surface area (Å²) in [6, 6.07) is -0.203. The van der Waals surface area contributed by atoms with Crippen LogP contribution in [0.3, 0.4) is 0 Å². The highest BCUT2D eigenvalue weighted by atomic mass is 35.5. The molecule has 0 saturated heterocycles. The minimum absolute atomic E-state index is 0.310. The van der Waals surface area contributed by atoms with Crippen molar-refractivity contribution >= 4 is 17.6 Å². The summed E-state index contributed by atoms with van der Waals surface area (Å²) in [7, 11) is 0. The molecule has 0 heterocycles. The molecule has 0 spiro atoms. The number of hydrogen-bond donors (Lipinski definition) is 1. The van der Waals surface area contributed by atoms with Crippen LogP contribution in [0.5, 0.6) is 0 Å². The average Bonchev–Trinajstić information content (AvgIpc) is 2.37. The monoisotopic (exact) mass is 331 g/mol. The molecule has 2 N–H and O–H groups in total. The summed E-state index contributed by atoms with van der Waals surface area (Å²) in [4.78, 5) is 11.1. The number of rotatable bonds is 4. The Kier molecular flexibility index (Phi) is 5.16. The maximum Gasteiger partial charge on any atom is 0.417 e. The molecular weight excluding hydrogens is 321 g/mol. The van der Waals surface area contributed by atoms with Gasteiger partial charge in [0, 0.05) is 0 Å². The second-order valence-electron chi connectivity index (χ2n) is 4.06. The number of carbonyl (C=O) groups is 1. The summed E-state index contributed by atoms with van der Waals surface area (Å²) < 4.78 is 69.5. The SMILES string of the molecule is CCOC(=O)C(F)(F)[C@@H](N)c1ccc(Cl)c(C(F)(F)F)c1. The first-order valence-electron chi connectivity index (χ1n) is 5.69. The van der Waals surface area contributed by atoms with Crippen LogP contribution in [0.4, 0.5) is 22.0 Å². The Morgan fingerprint density at radius 1 is 1.33 bits per heavy atom. The molecule has 1 aromatic rings. The van der Waals surface area contributed by atoms with Crippen molar-refractivity contribution in [1.82, 2.24) is 0 Å². The Hall–Kier alpha value is -1.41. The van der Waals surface area contributed by atoms with Gasteiger partial charge >= 0.3 is 18.1 Å². The van der Waals surface area contributed by atoms with Crippen LogP contribution in [0.1, 0.15) is 24.1 Å². The third-order valence-electron chi connectivity index (χ3n) is 2.59. The van der Waals surface area contributed by atoms with Gasteiger partial charge in [0.05, 0.1) is 17.2 Å². The third kappa shape index (κ3) is 3.82. The fraction of sp³-hybridized carbons (Fsp3) is 0.417. The van der Waals surface area contributed by atoms with Crippen molar-refractivity contribution < 1.29 is 31.5 Å². The van der Waals surface area contributed by atoms with Crippen molar-refractivity contribution in [2.24, 2.45) is 5.73 Å². The lowest BCUT2D eigenvalue weighted by molar-refractivity contribution is -0.174.